The molecule has 1 aliphatic carbocycles. The second-order valence-corrected chi connectivity index (χ2v) is 7.28. The molecule has 0 atom stereocenters. The molecule has 2 aromatic rings. The van der Waals surface area contributed by atoms with E-state index in [0.717, 1.165) is 19.0 Å². The minimum atomic E-state index is 0.612. The molecule has 3 nitrogen and oxygen atoms in total. The first-order valence-corrected chi connectivity index (χ1v) is 7.00. The van der Waals surface area contributed by atoms with Crippen molar-refractivity contribution >= 4 is 43.2 Å². The van der Waals surface area contributed by atoms with Crippen LogP contribution in [0.25, 0.3) is 11.4 Å². The number of aromatic nitrogens is 3. The van der Waals surface area contributed by atoms with E-state index in [2.05, 4.69) is 52.7 Å². The van der Waals surface area contributed by atoms with Crippen LogP contribution in [0.15, 0.2) is 20.0 Å². The lowest BCUT2D eigenvalue weighted by Crippen LogP contribution is -1.95. The molecule has 1 saturated carbocycles. The van der Waals surface area contributed by atoms with Crippen molar-refractivity contribution in [2.45, 2.75) is 18.9 Å². The zero-order valence-electron chi connectivity index (χ0n) is 7.65. The van der Waals surface area contributed by atoms with Crippen LogP contribution in [-0.2, 0) is 0 Å². The summed E-state index contributed by atoms with van der Waals surface area (Å²) in [4.78, 5) is 0. The lowest BCUT2D eigenvalue weighted by molar-refractivity contribution is 0.746. The molecule has 3 rings (SSSR count). The Morgan fingerprint density at radius 3 is 2.80 bits per heavy atom. The van der Waals surface area contributed by atoms with Crippen LogP contribution < -0.4 is 0 Å². The number of thiophene rings is 1. The SMILES string of the molecule is Brc1cc(-c2nncn2C2CC2)c(Br)s1. The molecular formula is C9H7Br2N3S. The number of hydrogen-bond donors (Lipinski definition) is 0. The second kappa shape index (κ2) is 3.68. The van der Waals surface area contributed by atoms with E-state index in [1.807, 2.05) is 6.33 Å². The van der Waals surface area contributed by atoms with Crippen LogP contribution in [-0.4, -0.2) is 14.8 Å². The summed E-state index contributed by atoms with van der Waals surface area (Å²) in [6.45, 7) is 0. The highest BCUT2D eigenvalue weighted by Gasteiger charge is 2.27. The van der Waals surface area contributed by atoms with Crippen LogP contribution >= 0.6 is 43.2 Å². The van der Waals surface area contributed by atoms with Crippen molar-refractivity contribution in [2.24, 2.45) is 0 Å². The van der Waals surface area contributed by atoms with E-state index in [-0.39, 0.29) is 0 Å². The van der Waals surface area contributed by atoms with Crippen LogP contribution in [0.2, 0.25) is 0 Å². The third-order valence-electron chi connectivity index (χ3n) is 2.41. The predicted octanol–water partition coefficient (Wildman–Crippen LogP) is 3.87. The van der Waals surface area contributed by atoms with Gasteiger partial charge in [0.25, 0.3) is 0 Å². The summed E-state index contributed by atoms with van der Waals surface area (Å²) in [5.41, 5.74) is 1.12. The van der Waals surface area contributed by atoms with Gasteiger partial charge in [0, 0.05) is 11.6 Å². The first kappa shape index (κ1) is 9.99. The normalized spacial score (nSPS) is 15.9. The second-order valence-electron chi connectivity index (χ2n) is 3.53. The molecule has 2 aromatic heterocycles. The molecule has 0 spiro atoms. The van der Waals surface area contributed by atoms with Gasteiger partial charge >= 0.3 is 0 Å². The van der Waals surface area contributed by atoms with Gasteiger partial charge in [0.2, 0.25) is 0 Å². The lowest BCUT2D eigenvalue weighted by atomic mass is 10.3. The average Bonchev–Trinajstić information content (AvgIpc) is 2.83. The third kappa shape index (κ3) is 1.79. The molecule has 0 aromatic carbocycles. The molecule has 1 fully saturated rings. The summed E-state index contributed by atoms with van der Waals surface area (Å²) >= 11 is 8.69. The Morgan fingerprint density at radius 2 is 2.20 bits per heavy atom. The van der Waals surface area contributed by atoms with Crippen molar-refractivity contribution < 1.29 is 0 Å². The maximum Gasteiger partial charge on any atom is 0.166 e. The van der Waals surface area contributed by atoms with Gasteiger partial charge in [-0.05, 0) is 50.8 Å². The fraction of sp³-hybridized carbons (Fsp3) is 0.333. The summed E-state index contributed by atoms with van der Waals surface area (Å²) in [6, 6.07) is 2.69. The van der Waals surface area contributed by atoms with Crippen LogP contribution in [0.3, 0.4) is 0 Å². The summed E-state index contributed by atoms with van der Waals surface area (Å²) in [6.07, 6.45) is 4.31. The summed E-state index contributed by atoms with van der Waals surface area (Å²) in [5, 5.41) is 8.18. The predicted molar refractivity (Wildman–Crippen MR) is 67.0 cm³/mol. The first-order chi connectivity index (χ1) is 7.25. The summed E-state index contributed by atoms with van der Waals surface area (Å²) in [7, 11) is 0. The Labute approximate surface area is 108 Å². The van der Waals surface area contributed by atoms with Crippen molar-refractivity contribution in [1.29, 1.82) is 0 Å². The number of halogens is 2. The fourth-order valence-corrected chi connectivity index (χ4v) is 4.34. The molecule has 0 N–H and O–H groups in total. The van der Waals surface area contributed by atoms with E-state index < -0.39 is 0 Å². The first-order valence-electron chi connectivity index (χ1n) is 4.60. The fourth-order valence-electron chi connectivity index (χ4n) is 1.55. The van der Waals surface area contributed by atoms with Gasteiger partial charge in [-0.2, -0.15) is 0 Å². The largest absolute Gasteiger partial charge is 0.310 e. The molecule has 0 bridgehead atoms. The van der Waals surface area contributed by atoms with Crippen molar-refractivity contribution in [3.05, 3.63) is 20.0 Å². The molecule has 1 aliphatic rings. The van der Waals surface area contributed by atoms with Crippen molar-refractivity contribution in [3.63, 3.8) is 0 Å². The topological polar surface area (TPSA) is 30.7 Å². The van der Waals surface area contributed by atoms with E-state index in [1.165, 1.54) is 12.8 Å². The van der Waals surface area contributed by atoms with Gasteiger partial charge in [-0.1, -0.05) is 0 Å². The van der Waals surface area contributed by atoms with Crippen molar-refractivity contribution in [1.82, 2.24) is 14.8 Å². The lowest BCUT2D eigenvalue weighted by Gasteiger charge is -2.02. The Bertz CT molecular complexity index is 501. The standard InChI is InChI=1S/C9H7Br2N3S/c10-7-3-6(8(11)15-7)9-13-12-4-14(9)5-1-2-5/h3-5H,1-2H2. The Hall–Kier alpha value is -0.200. The molecular weight excluding hydrogens is 342 g/mol. The Balaban J connectivity index is 2.11. The number of hydrogen-bond acceptors (Lipinski definition) is 3. The van der Waals surface area contributed by atoms with Crippen LogP contribution in [0.1, 0.15) is 18.9 Å². The summed E-state index contributed by atoms with van der Waals surface area (Å²) in [5.74, 6) is 0.964. The maximum atomic E-state index is 4.19. The number of nitrogens with zero attached hydrogens (tertiary/aromatic N) is 3. The maximum absolute atomic E-state index is 4.19. The van der Waals surface area contributed by atoms with Gasteiger partial charge in [-0.25, -0.2) is 0 Å². The minimum absolute atomic E-state index is 0.612. The minimum Gasteiger partial charge on any atom is -0.310 e. The molecule has 6 heteroatoms. The highest BCUT2D eigenvalue weighted by atomic mass is 79.9. The van der Waals surface area contributed by atoms with Gasteiger partial charge < -0.3 is 4.57 Å². The van der Waals surface area contributed by atoms with Gasteiger partial charge in [0.1, 0.15) is 6.33 Å². The Morgan fingerprint density at radius 1 is 1.40 bits per heavy atom. The molecule has 78 valence electrons. The molecule has 0 radical (unpaired) electrons. The molecule has 15 heavy (non-hydrogen) atoms. The van der Waals surface area contributed by atoms with Gasteiger partial charge in [-0.3, -0.25) is 0 Å². The van der Waals surface area contributed by atoms with E-state index in [1.54, 1.807) is 11.3 Å². The van der Waals surface area contributed by atoms with E-state index in [9.17, 15) is 0 Å². The number of rotatable bonds is 2. The zero-order chi connectivity index (χ0) is 10.4. The molecule has 0 unspecified atom stereocenters. The van der Waals surface area contributed by atoms with Crippen molar-refractivity contribution in [2.75, 3.05) is 0 Å². The molecule has 2 heterocycles. The third-order valence-corrected chi connectivity index (χ3v) is 4.75. The highest BCUT2D eigenvalue weighted by Crippen LogP contribution is 2.42. The van der Waals surface area contributed by atoms with Crippen LogP contribution in [0.5, 0.6) is 0 Å². The van der Waals surface area contributed by atoms with E-state index in [0.29, 0.717) is 6.04 Å². The average molecular weight is 349 g/mol. The quantitative estimate of drug-likeness (QED) is 0.824. The van der Waals surface area contributed by atoms with E-state index in [4.69, 9.17) is 0 Å². The molecule has 0 saturated heterocycles. The van der Waals surface area contributed by atoms with E-state index >= 15 is 0 Å². The van der Waals surface area contributed by atoms with Gasteiger partial charge in [0.15, 0.2) is 5.82 Å². The highest BCUT2D eigenvalue weighted by molar-refractivity contribution is 9.12. The molecule has 0 aliphatic heterocycles. The van der Waals surface area contributed by atoms with Gasteiger partial charge in [0.05, 0.1) is 7.57 Å². The smallest absolute Gasteiger partial charge is 0.166 e. The van der Waals surface area contributed by atoms with Crippen LogP contribution in [0, 0.1) is 0 Å². The van der Waals surface area contributed by atoms with Gasteiger partial charge in [-0.15, -0.1) is 21.5 Å². The Kier molecular flexibility index (Phi) is 2.45. The van der Waals surface area contributed by atoms with Crippen LogP contribution in [0.4, 0.5) is 0 Å². The van der Waals surface area contributed by atoms with Crippen molar-refractivity contribution in [3.8, 4) is 11.4 Å². The summed E-state index contributed by atoms with van der Waals surface area (Å²) < 4.78 is 4.37. The molecule has 0 amide bonds. The zero-order valence-corrected chi connectivity index (χ0v) is 11.6. The monoisotopic (exact) mass is 347 g/mol.